The highest BCUT2D eigenvalue weighted by atomic mass is 79.9. The molecule has 0 saturated heterocycles. The number of alkyl halides is 3. The molecule has 0 aliphatic carbocycles. The molecule has 0 unspecified atom stereocenters. The van der Waals surface area contributed by atoms with Crippen molar-refractivity contribution in [3.63, 3.8) is 0 Å². The van der Waals surface area contributed by atoms with Crippen molar-refractivity contribution in [2.24, 2.45) is 5.73 Å². The van der Waals surface area contributed by atoms with Gasteiger partial charge in [-0.25, -0.2) is 9.37 Å². The molecule has 0 saturated carbocycles. The van der Waals surface area contributed by atoms with Gasteiger partial charge in [-0.05, 0) is 22.0 Å². The van der Waals surface area contributed by atoms with Crippen molar-refractivity contribution in [1.82, 2.24) is 4.98 Å². The average molecular weight is 289 g/mol. The van der Waals surface area contributed by atoms with Crippen molar-refractivity contribution in [1.29, 1.82) is 0 Å². The van der Waals surface area contributed by atoms with Crippen LogP contribution in [-0.2, 0) is 6.54 Å². The molecule has 1 heterocycles. The van der Waals surface area contributed by atoms with Crippen LogP contribution in [0.3, 0.4) is 0 Å². The van der Waals surface area contributed by atoms with Gasteiger partial charge >= 0.3 is 6.36 Å². The van der Waals surface area contributed by atoms with Crippen molar-refractivity contribution >= 4 is 15.9 Å². The second kappa shape index (κ2) is 4.31. The molecule has 1 rings (SSSR count). The van der Waals surface area contributed by atoms with E-state index in [2.05, 4.69) is 25.7 Å². The maximum Gasteiger partial charge on any atom is 0.574 e. The number of ether oxygens (including phenoxy) is 1. The summed E-state index contributed by atoms with van der Waals surface area (Å²) in [7, 11) is 0. The summed E-state index contributed by atoms with van der Waals surface area (Å²) in [4.78, 5) is 3.25. The fourth-order valence-corrected chi connectivity index (χ4v) is 1.25. The molecule has 0 bridgehead atoms. The Morgan fingerprint density at radius 3 is 2.53 bits per heavy atom. The van der Waals surface area contributed by atoms with Gasteiger partial charge in [-0.2, -0.15) is 0 Å². The van der Waals surface area contributed by atoms with Crippen LogP contribution in [0, 0.1) is 5.82 Å². The summed E-state index contributed by atoms with van der Waals surface area (Å²) in [6.07, 6.45) is -4.97. The van der Waals surface area contributed by atoms with Crippen molar-refractivity contribution in [2.75, 3.05) is 0 Å². The normalized spacial score (nSPS) is 11.6. The van der Waals surface area contributed by atoms with Gasteiger partial charge in [0.15, 0.2) is 5.82 Å². The van der Waals surface area contributed by atoms with E-state index in [9.17, 15) is 17.6 Å². The largest absolute Gasteiger partial charge is 0.574 e. The van der Waals surface area contributed by atoms with E-state index in [1.54, 1.807) is 0 Å². The standard InChI is InChI=1S/C7H5BrF4N2O/c8-5-3(2-13)1-4(9)6(14-5)15-7(10,11)12/h1H,2,13H2. The van der Waals surface area contributed by atoms with Gasteiger partial charge in [-0.3, -0.25) is 0 Å². The molecule has 2 N–H and O–H groups in total. The van der Waals surface area contributed by atoms with Gasteiger partial charge in [0.1, 0.15) is 4.60 Å². The Bertz CT molecular complexity index is 369. The summed E-state index contributed by atoms with van der Waals surface area (Å²) in [6.45, 7) is -0.0448. The van der Waals surface area contributed by atoms with Gasteiger partial charge in [-0.1, -0.05) is 0 Å². The van der Waals surface area contributed by atoms with E-state index >= 15 is 0 Å². The molecule has 0 aliphatic heterocycles. The predicted octanol–water partition coefficient (Wildman–Crippen LogP) is 2.34. The first-order chi connectivity index (χ1) is 6.83. The number of halogens is 5. The van der Waals surface area contributed by atoms with Crippen LogP contribution >= 0.6 is 15.9 Å². The number of hydrogen-bond acceptors (Lipinski definition) is 3. The summed E-state index contributed by atoms with van der Waals surface area (Å²) in [5, 5.41) is 0. The molecular formula is C7H5BrF4N2O. The van der Waals surface area contributed by atoms with Crippen LogP contribution < -0.4 is 10.5 Å². The maximum absolute atomic E-state index is 13.0. The molecule has 0 fully saturated rings. The molecule has 15 heavy (non-hydrogen) atoms. The lowest BCUT2D eigenvalue weighted by molar-refractivity contribution is -0.277. The smallest absolute Gasteiger partial charge is 0.385 e. The zero-order chi connectivity index (χ0) is 11.6. The number of aromatic nitrogens is 1. The second-order valence-corrected chi connectivity index (χ2v) is 3.23. The van der Waals surface area contributed by atoms with E-state index in [1.165, 1.54) is 0 Å². The fraction of sp³-hybridized carbons (Fsp3) is 0.286. The monoisotopic (exact) mass is 288 g/mol. The summed E-state index contributed by atoms with van der Waals surface area (Å²) in [6, 6.07) is 0.832. The molecule has 0 aliphatic rings. The van der Waals surface area contributed by atoms with Gasteiger partial charge < -0.3 is 10.5 Å². The van der Waals surface area contributed by atoms with Gasteiger partial charge in [0.05, 0.1) is 0 Å². The first-order valence-electron chi connectivity index (χ1n) is 3.64. The van der Waals surface area contributed by atoms with Gasteiger partial charge in [0.2, 0.25) is 0 Å². The summed E-state index contributed by atoms with van der Waals surface area (Å²) in [5.74, 6) is -2.34. The quantitative estimate of drug-likeness (QED) is 0.671. The number of nitrogens with two attached hydrogens (primary N) is 1. The Labute approximate surface area is 90.4 Å². The highest BCUT2D eigenvalue weighted by Crippen LogP contribution is 2.27. The molecular weight excluding hydrogens is 284 g/mol. The molecule has 84 valence electrons. The first-order valence-corrected chi connectivity index (χ1v) is 4.43. The molecule has 0 atom stereocenters. The van der Waals surface area contributed by atoms with E-state index in [4.69, 9.17) is 5.73 Å². The lowest BCUT2D eigenvalue weighted by Crippen LogP contribution is -2.19. The fourth-order valence-electron chi connectivity index (χ4n) is 0.813. The third-order valence-electron chi connectivity index (χ3n) is 1.40. The molecule has 1 aromatic rings. The number of hydrogen-bond donors (Lipinski definition) is 1. The summed E-state index contributed by atoms with van der Waals surface area (Å²) < 4.78 is 51.7. The summed E-state index contributed by atoms with van der Waals surface area (Å²) in [5.41, 5.74) is 5.45. The minimum atomic E-state index is -4.97. The van der Waals surface area contributed by atoms with Crippen molar-refractivity contribution in [2.45, 2.75) is 12.9 Å². The molecule has 0 radical (unpaired) electrons. The highest BCUT2D eigenvalue weighted by Gasteiger charge is 2.33. The van der Waals surface area contributed by atoms with Crippen molar-refractivity contribution < 1.29 is 22.3 Å². The van der Waals surface area contributed by atoms with Crippen LogP contribution in [0.25, 0.3) is 0 Å². The highest BCUT2D eigenvalue weighted by molar-refractivity contribution is 9.10. The van der Waals surface area contributed by atoms with Crippen LogP contribution in [0.15, 0.2) is 10.7 Å². The van der Waals surface area contributed by atoms with Crippen LogP contribution in [0.1, 0.15) is 5.56 Å². The van der Waals surface area contributed by atoms with E-state index in [-0.39, 0.29) is 16.7 Å². The minimum absolute atomic E-state index is 0.0191. The lowest BCUT2D eigenvalue weighted by atomic mass is 10.3. The third-order valence-corrected chi connectivity index (χ3v) is 2.09. The molecule has 1 aromatic heterocycles. The topological polar surface area (TPSA) is 48.1 Å². The van der Waals surface area contributed by atoms with Crippen LogP contribution in [0.2, 0.25) is 0 Å². The second-order valence-electron chi connectivity index (χ2n) is 2.48. The molecule has 0 aromatic carbocycles. The van der Waals surface area contributed by atoms with Crippen LogP contribution in [0.5, 0.6) is 5.88 Å². The van der Waals surface area contributed by atoms with Gasteiger partial charge in [-0.15, -0.1) is 13.2 Å². The van der Waals surface area contributed by atoms with E-state index in [0.29, 0.717) is 0 Å². The van der Waals surface area contributed by atoms with Gasteiger partial charge in [0.25, 0.3) is 5.88 Å². The Morgan fingerprint density at radius 1 is 1.47 bits per heavy atom. The average Bonchev–Trinajstić information content (AvgIpc) is 2.08. The van der Waals surface area contributed by atoms with Crippen LogP contribution in [-0.4, -0.2) is 11.3 Å². The van der Waals surface area contributed by atoms with Crippen molar-refractivity contribution in [3.8, 4) is 5.88 Å². The SMILES string of the molecule is NCc1cc(F)c(OC(F)(F)F)nc1Br. The molecule has 3 nitrogen and oxygen atoms in total. The Morgan fingerprint density at radius 2 is 2.07 bits per heavy atom. The van der Waals surface area contributed by atoms with E-state index < -0.39 is 18.1 Å². The molecule has 8 heteroatoms. The zero-order valence-electron chi connectivity index (χ0n) is 7.11. The maximum atomic E-state index is 13.0. The number of rotatable bonds is 2. The van der Waals surface area contributed by atoms with E-state index in [1.807, 2.05) is 0 Å². The summed E-state index contributed by atoms with van der Waals surface area (Å²) >= 11 is 2.84. The Balaban J connectivity index is 3.05. The lowest BCUT2D eigenvalue weighted by Gasteiger charge is -2.10. The molecule has 0 spiro atoms. The zero-order valence-corrected chi connectivity index (χ0v) is 8.69. The van der Waals surface area contributed by atoms with Gasteiger partial charge in [0, 0.05) is 12.1 Å². The Kier molecular flexibility index (Phi) is 3.50. The van der Waals surface area contributed by atoms with Crippen LogP contribution in [0.4, 0.5) is 17.6 Å². The predicted molar refractivity (Wildman–Crippen MR) is 46.5 cm³/mol. The first kappa shape index (κ1) is 12.2. The number of pyridine rings is 1. The minimum Gasteiger partial charge on any atom is -0.385 e. The Hall–Kier alpha value is -0.890. The van der Waals surface area contributed by atoms with E-state index in [0.717, 1.165) is 6.07 Å². The number of nitrogens with zero attached hydrogens (tertiary/aromatic N) is 1. The third kappa shape index (κ3) is 3.31. The van der Waals surface area contributed by atoms with Crippen molar-refractivity contribution in [3.05, 3.63) is 22.1 Å². The molecule has 0 amide bonds.